The van der Waals surface area contributed by atoms with Crippen LogP contribution in [0.1, 0.15) is 33.4 Å². The van der Waals surface area contributed by atoms with E-state index in [4.69, 9.17) is 28.4 Å². The number of nitrogens with zero attached hydrogens (tertiary/aromatic N) is 4. The van der Waals surface area contributed by atoms with Crippen LogP contribution in [0.25, 0.3) is 0 Å². The standard InChI is InChI=1S/C27H51N5O11S/c1-19(2)41-24-22(33)23(34)27(42-20(3)4)43-25(24)26(35)28-5-9-38-11-13-40-14-12-39-10-6-32-18-21(29-30-32)17-31-7-15-44(36,37)16-8-31/h18-20,22-28,33-35H,5-17H2,1-4H3/t22-,23+,24+,25?,26?,27-/m1/s1. The lowest BCUT2D eigenvalue weighted by atomic mass is 9.97. The topological polar surface area (TPSA) is 196 Å². The van der Waals surface area contributed by atoms with Gasteiger partial charge in [-0.25, -0.2) is 13.1 Å². The summed E-state index contributed by atoms with van der Waals surface area (Å²) in [4.78, 5) is 2.06. The zero-order chi connectivity index (χ0) is 32.1. The van der Waals surface area contributed by atoms with Crippen LogP contribution in [0, 0.1) is 0 Å². The molecule has 2 unspecified atom stereocenters. The van der Waals surface area contributed by atoms with E-state index in [2.05, 4.69) is 20.5 Å². The van der Waals surface area contributed by atoms with Gasteiger partial charge in [-0.3, -0.25) is 10.2 Å². The van der Waals surface area contributed by atoms with Gasteiger partial charge in [0.15, 0.2) is 16.1 Å². The van der Waals surface area contributed by atoms with E-state index in [1.165, 1.54) is 0 Å². The number of aromatic nitrogens is 3. The zero-order valence-corrected chi connectivity index (χ0v) is 27.0. The Hall–Kier alpha value is -1.35. The van der Waals surface area contributed by atoms with Crippen LogP contribution >= 0.6 is 0 Å². The Morgan fingerprint density at radius 1 is 0.955 bits per heavy atom. The lowest BCUT2D eigenvalue weighted by molar-refractivity contribution is -0.328. The van der Waals surface area contributed by atoms with Crippen LogP contribution in [0.3, 0.4) is 0 Å². The average molecular weight is 654 g/mol. The van der Waals surface area contributed by atoms with Gasteiger partial charge >= 0.3 is 0 Å². The second-order valence-corrected chi connectivity index (χ2v) is 13.7. The second kappa shape index (κ2) is 18.7. The number of aliphatic hydroxyl groups is 3. The molecule has 0 amide bonds. The molecule has 3 rings (SSSR count). The number of sulfone groups is 1. The van der Waals surface area contributed by atoms with Crippen LogP contribution in [0.15, 0.2) is 6.20 Å². The van der Waals surface area contributed by atoms with Gasteiger partial charge in [0.25, 0.3) is 0 Å². The van der Waals surface area contributed by atoms with Crippen LogP contribution in [0.4, 0.5) is 0 Å². The molecule has 6 atom stereocenters. The molecule has 0 aliphatic carbocycles. The first-order chi connectivity index (χ1) is 20.9. The monoisotopic (exact) mass is 653 g/mol. The van der Waals surface area contributed by atoms with Gasteiger partial charge in [-0.1, -0.05) is 5.21 Å². The van der Waals surface area contributed by atoms with E-state index in [0.29, 0.717) is 72.4 Å². The van der Waals surface area contributed by atoms with Crippen LogP contribution < -0.4 is 5.32 Å². The van der Waals surface area contributed by atoms with Crippen molar-refractivity contribution in [3.8, 4) is 0 Å². The van der Waals surface area contributed by atoms with Crippen LogP contribution in [-0.4, -0.2) is 164 Å². The lowest BCUT2D eigenvalue weighted by Gasteiger charge is -2.44. The maximum atomic E-state index is 11.6. The van der Waals surface area contributed by atoms with E-state index in [-0.39, 0.29) is 23.7 Å². The largest absolute Gasteiger partial charge is 0.387 e. The van der Waals surface area contributed by atoms with Crippen molar-refractivity contribution in [2.24, 2.45) is 0 Å². The van der Waals surface area contributed by atoms with E-state index < -0.39 is 46.8 Å². The molecule has 256 valence electrons. The summed E-state index contributed by atoms with van der Waals surface area (Å²) in [5, 5.41) is 42.9. The first-order valence-electron chi connectivity index (χ1n) is 15.2. The molecule has 1 aromatic heterocycles. The predicted molar refractivity (Wildman–Crippen MR) is 157 cm³/mol. The number of rotatable bonds is 20. The molecule has 1 aromatic rings. The molecule has 16 nitrogen and oxygen atoms in total. The van der Waals surface area contributed by atoms with Gasteiger partial charge in [0.1, 0.15) is 30.6 Å². The molecule has 2 fully saturated rings. The number of hydrogen-bond acceptors (Lipinski definition) is 15. The summed E-state index contributed by atoms with van der Waals surface area (Å²) in [6.07, 6.45) is -5.53. The molecular formula is C27H51N5O11S. The Bertz CT molecular complexity index is 1030. The number of hydrogen-bond donors (Lipinski definition) is 4. The van der Waals surface area contributed by atoms with Gasteiger partial charge in [-0.05, 0) is 27.7 Å². The number of aliphatic hydroxyl groups excluding tert-OH is 3. The molecule has 2 aliphatic heterocycles. The summed E-state index contributed by atoms with van der Waals surface area (Å²) >= 11 is 0. The Morgan fingerprint density at radius 3 is 2.20 bits per heavy atom. The third-order valence-electron chi connectivity index (χ3n) is 6.94. The van der Waals surface area contributed by atoms with Crippen molar-refractivity contribution in [2.75, 3.05) is 70.8 Å². The predicted octanol–water partition coefficient (Wildman–Crippen LogP) is -1.87. The summed E-state index contributed by atoms with van der Waals surface area (Å²) in [7, 11) is -2.90. The van der Waals surface area contributed by atoms with E-state index >= 15 is 0 Å². The number of ether oxygens (including phenoxy) is 6. The maximum absolute atomic E-state index is 11.6. The molecule has 2 saturated heterocycles. The van der Waals surface area contributed by atoms with Crippen molar-refractivity contribution >= 4 is 9.84 Å². The highest BCUT2D eigenvalue weighted by atomic mass is 32.2. The van der Waals surface area contributed by atoms with E-state index in [1.54, 1.807) is 32.4 Å². The summed E-state index contributed by atoms with van der Waals surface area (Å²) in [6.45, 7) is 11.9. The Labute approximate surface area is 259 Å². The van der Waals surface area contributed by atoms with Crippen molar-refractivity contribution in [3.05, 3.63) is 11.9 Å². The third kappa shape index (κ3) is 12.8. The van der Waals surface area contributed by atoms with E-state index in [9.17, 15) is 23.7 Å². The van der Waals surface area contributed by atoms with E-state index in [1.807, 2.05) is 6.20 Å². The fourth-order valence-electron chi connectivity index (χ4n) is 4.72. The van der Waals surface area contributed by atoms with Crippen molar-refractivity contribution in [2.45, 2.75) is 89.9 Å². The number of nitrogens with one attached hydrogen (secondary N) is 1. The molecule has 17 heteroatoms. The highest BCUT2D eigenvalue weighted by Crippen LogP contribution is 2.27. The molecule has 0 bridgehead atoms. The van der Waals surface area contributed by atoms with Gasteiger partial charge < -0.3 is 43.7 Å². The summed E-state index contributed by atoms with van der Waals surface area (Å²) < 4.78 is 58.6. The highest BCUT2D eigenvalue weighted by Gasteiger charge is 2.49. The lowest BCUT2D eigenvalue weighted by Crippen LogP contribution is -2.64. The normalized spacial score (nSPS) is 26.9. The molecule has 4 N–H and O–H groups in total. The minimum Gasteiger partial charge on any atom is -0.387 e. The minimum absolute atomic E-state index is 0.186. The van der Waals surface area contributed by atoms with Crippen molar-refractivity contribution in [1.82, 2.24) is 25.2 Å². The summed E-state index contributed by atoms with van der Waals surface area (Å²) in [6, 6.07) is 0. The van der Waals surface area contributed by atoms with Gasteiger partial charge in [-0.2, -0.15) is 0 Å². The second-order valence-electron chi connectivity index (χ2n) is 11.4. The van der Waals surface area contributed by atoms with Crippen LogP contribution in [0.2, 0.25) is 0 Å². The van der Waals surface area contributed by atoms with Gasteiger partial charge in [0, 0.05) is 32.4 Å². The Balaban J connectivity index is 1.21. The fourth-order valence-corrected chi connectivity index (χ4v) is 6.00. The summed E-state index contributed by atoms with van der Waals surface area (Å²) in [5.41, 5.74) is 0.799. The first kappa shape index (κ1) is 37.1. The highest BCUT2D eigenvalue weighted by molar-refractivity contribution is 7.91. The molecular weight excluding hydrogens is 602 g/mol. The van der Waals surface area contributed by atoms with Crippen molar-refractivity contribution in [3.63, 3.8) is 0 Å². The smallest absolute Gasteiger partial charge is 0.187 e. The van der Waals surface area contributed by atoms with Crippen molar-refractivity contribution in [1.29, 1.82) is 0 Å². The molecule has 0 saturated carbocycles. The SMILES string of the molecule is CC(C)O[C@@H]1OC(C(O)NCCOCCOCCOCCn2cc(CN3CCS(=O)(=O)CC3)nn2)[C@@H](OC(C)C)[C@H](O)[C@@H]1O. The maximum Gasteiger partial charge on any atom is 0.187 e. The third-order valence-corrected chi connectivity index (χ3v) is 8.55. The fraction of sp³-hybridized carbons (Fsp3) is 0.926. The zero-order valence-electron chi connectivity index (χ0n) is 26.2. The Morgan fingerprint density at radius 2 is 1.57 bits per heavy atom. The van der Waals surface area contributed by atoms with Crippen LogP contribution in [0.5, 0.6) is 0 Å². The van der Waals surface area contributed by atoms with Gasteiger partial charge in [-0.15, -0.1) is 5.10 Å². The van der Waals surface area contributed by atoms with Crippen molar-refractivity contribution < 1.29 is 52.2 Å². The molecule has 0 spiro atoms. The van der Waals surface area contributed by atoms with E-state index in [0.717, 1.165) is 5.69 Å². The summed E-state index contributed by atoms with van der Waals surface area (Å²) in [5.74, 6) is 0.371. The molecule has 44 heavy (non-hydrogen) atoms. The van der Waals surface area contributed by atoms with Gasteiger partial charge in [0.05, 0.1) is 75.6 Å². The quantitative estimate of drug-likeness (QED) is 0.0902. The molecule has 3 heterocycles. The molecule has 0 radical (unpaired) electrons. The van der Waals surface area contributed by atoms with Crippen LogP contribution in [-0.2, 0) is 51.3 Å². The molecule has 0 aromatic carbocycles. The first-order valence-corrected chi connectivity index (χ1v) is 17.1. The Kier molecular flexibility index (Phi) is 15.8. The van der Waals surface area contributed by atoms with Gasteiger partial charge in [0.2, 0.25) is 0 Å². The molecule has 2 aliphatic rings. The minimum atomic E-state index is -2.90. The average Bonchev–Trinajstić information content (AvgIpc) is 3.41.